The van der Waals surface area contributed by atoms with Crippen molar-refractivity contribution in [1.82, 2.24) is 34.9 Å². The number of halogens is 1. The van der Waals surface area contributed by atoms with Gasteiger partial charge in [-0.25, -0.2) is 0 Å². The minimum absolute atomic E-state index is 0.252. The van der Waals surface area contributed by atoms with Gasteiger partial charge in [0.05, 0.1) is 11.2 Å². The second kappa shape index (κ2) is 11.5. The number of nitrogens with zero attached hydrogens (tertiary/aromatic N) is 7. The van der Waals surface area contributed by atoms with Crippen molar-refractivity contribution in [3.05, 3.63) is 94.8 Å². The predicted molar refractivity (Wildman–Crippen MR) is 161 cm³/mol. The Hall–Kier alpha value is -5.36. The van der Waals surface area contributed by atoms with Crippen LogP contribution in [0.5, 0.6) is 0 Å². The first-order valence-corrected chi connectivity index (χ1v) is 13.8. The van der Waals surface area contributed by atoms with E-state index in [9.17, 15) is 14.4 Å². The molecule has 1 atom stereocenters. The Morgan fingerprint density at radius 2 is 1.88 bits per heavy atom. The number of aryl methyl sites for hydroxylation is 1. The van der Waals surface area contributed by atoms with Crippen molar-refractivity contribution in [2.45, 2.75) is 19.4 Å². The molecule has 216 valence electrons. The Morgan fingerprint density at radius 1 is 1.05 bits per heavy atom. The molecule has 0 spiro atoms. The van der Waals surface area contributed by atoms with E-state index in [0.717, 1.165) is 16.6 Å². The Kier molecular flexibility index (Phi) is 7.43. The van der Waals surface area contributed by atoms with Gasteiger partial charge in [-0.2, -0.15) is 9.78 Å². The van der Waals surface area contributed by atoms with Gasteiger partial charge in [-0.1, -0.05) is 35.9 Å². The second-order valence-electron chi connectivity index (χ2n) is 10.0. The van der Waals surface area contributed by atoms with E-state index in [2.05, 4.69) is 31.3 Å². The lowest BCUT2D eigenvalue weighted by Crippen LogP contribution is -2.44. The van der Waals surface area contributed by atoms with Gasteiger partial charge in [-0.3, -0.25) is 19.1 Å². The maximum absolute atomic E-state index is 13.9. The van der Waals surface area contributed by atoms with E-state index >= 15 is 0 Å². The summed E-state index contributed by atoms with van der Waals surface area (Å²) < 4.78 is 3.13. The maximum atomic E-state index is 13.9. The zero-order valence-corrected chi connectivity index (χ0v) is 24.0. The molecule has 0 bridgehead atoms. The number of aromatic nitrogens is 6. The quantitative estimate of drug-likeness (QED) is 0.283. The smallest absolute Gasteiger partial charge is 0.251 e. The van der Waals surface area contributed by atoms with E-state index in [1.165, 1.54) is 24.0 Å². The number of carbonyl (C=O) groups is 3. The van der Waals surface area contributed by atoms with Crippen LogP contribution in [0.3, 0.4) is 0 Å². The van der Waals surface area contributed by atoms with E-state index < -0.39 is 6.04 Å². The summed E-state index contributed by atoms with van der Waals surface area (Å²) in [5.41, 5.74) is 4.32. The first-order valence-electron chi connectivity index (χ1n) is 13.4. The molecule has 1 aliphatic heterocycles. The molecule has 2 N–H and O–H groups in total. The molecular weight excluding hydrogens is 570 g/mol. The van der Waals surface area contributed by atoms with Crippen LogP contribution < -0.4 is 10.6 Å². The molecule has 12 nitrogen and oxygen atoms in total. The van der Waals surface area contributed by atoms with Crippen molar-refractivity contribution < 1.29 is 14.4 Å². The summed E-state index contributed by atoms with van der Waals surface area (Å²) in [4.78, 5) is 40.9. The molecule has 13 heteroatoms. The van der Waals surface area contributed by atoms with Gasteiger partial charge in [-0.15, -0.1) is 5.10 Å². The van der Waals surface area contributed by atoms with Crippen LogP contribution >= 0.6 is 11.6 Å². The van der Waals surface area contributed by atoms with Gasteiger partial charge in [-0.05, 0) is 70.4 Å². The molecule has 2 aromatic heterocycles. The van der Waals surface area contributed by atoms with E-state index in [1.54, 1.807) is 53.0 Å². The number of tetrazole rings is 1. The van der Waals surface area contributed by atoms with Crippen molar-refractivity contribution in [2.24, 2.45) is 7.05 Å². The molecule has 3 aromatic carbocycles. The van der Waals surface area contributed by atoms with Gasteiger partial charge >= 0.3 is 0 Å². The molecule has 0 saturated heterocycles. The lowest BCUT2D eigenvalue weighted by Gasteiger charge is -2.35. The summed E-state index contributed by atoms with van der Waals surface area (Å²) in [5.74, 6) is -0.560. The lowest BCUT2D eigenvalue weighted by atomic mass is 9.91. The second-order valence-corrected chi connectivity index (χ2v) is 10.5. The third-order valence-corrected chi connectivity index (χ3v) is 7.45. The fourth-order valence-electron chi connectivity index (χ4n) is 5.30. The van der Waals surface area contributed by atoms with Crippen LogP contribution in [0.25, 0.3) is 22.7 Å². The highest BCUT2D eigenvalue weighted by Gasteiger charge is 2.35. The van der Waals surface area contributed by atoms with E-state index in [1.807, 2.05) is 30.3 Å². The van der Waals surface area contributed by atoms with Crippen LogP contribution in [0.1, 0.15) is 29.7 Å². The number of hydrogen-bond acceptors (Lipinski definition) is 7. The fourth-order valence-corrected chi connectivity index (χ4v) is 5.48. The number of nitrogens with one attached hydrogen (secondary N) is 2. The highest BCUT2D eigenvalue weighted by molar-refractivity contribution is 6.30. The average molecular weight is 596 g/mol. The molecule has 0 fully saturated rings. The minimum atomic E-state index is -0.875. The number of anilines is 2. The SMILES string of the molecule is CC(=O)Nc1nn(C)c2ccc(NC(=O)[C@@H]3c4ccccc4CCN3C(=O)/C=C/c3cc(Cl)ccc3-n3cnnn3)cc12. The van der Waals surface area contributed by atoms with Crippen molar-refractivity contribution in [1.29, 1.82) is 0 Å². The predicted octanol–water partition coefficient (Wildman–Crippen LogP) is 3.94. The molecule has 43 heavy (non-hydrogen) atoms. The summed E-state index contributed by atoms with van der Waals surface area (Å²) in [6, 6.07) is 17.3. The summed E-state index contributed by atoms with van der Waals surface area (Å²) >= 11 is 6.24. The van der Waals surface area contributed by atoms with Crippen molar-refractivity contribution in [3.63, 3.8) is 0 Å². The summed E-state index contributed by atoms with van der Waals surface area (Å²) in [5, 5.41) is 22.5. The monoisotopic (exact) mass is 595 g/mol. The van der Waals surface area contributed by atoms with Gasteiger partial charge in [0.1, 0.15) is 12.4 Å². The van der Waals surface area contributed by atoms with E-state index in [-0.39, 0.29) is 17.7 Å². The summed E-state index contributed by atoms with van der Waals surface area (Å²) in [7, 11) is 1.77. The molecule has 1 aliphatic rings. The molecule has 0 aliphatic carbocycles. The number of benzene rings is 3. The van der Waals surface area contributed by atoms with Crippen molar-refractivity contribution >= 4 is 57.8 Å². The lowest BCUT2D eigenvalue weighted by molar-refractivity contribution is -0.135. The van der Waals surface area contributed by atoms with Gasteiger partial charge in [0.25, 0.3) is 5.91 Å². The van der Waals surface area contributed by atoms with Gasteiger partial charge in [0.15, 0.2) is 5.82 Å². The average Bonchev–Trinajstić information content (AvgIpc) is 3.63. The van der Waals surface area contributed by atoms with Crippen LogP contribution in [-0.4, -0.2) is 59.2 Å². The topological polar surface area (TPSA) is 140 Å². The van der Waals surface area contributed by atoms with Crippen LogP contribution in [0.2, 0.25) is 5.02 Å². The molecule has 6 rings (SSSR count). The minimum Gasteiger partial charge on any atom is -0.324 e. The zero-order valence-electron chi connectivity index (χ0n) is 23.2. The van der Waals surface area contributed by atoms with Gasteiger partial charge in [0.2, 0.25) is 11.8 Å². The number of fused-ring (bicyclic) bond motifs is 2. The Morgan fingerprint density at radius 3 is 2.67 bits per heavy atom. The van der Waals surface area contributed by atoms with Crippen molar-refractivity contribution in [2.75, 3.05) is 17.2 Å². The van der Waals surface area contributed by atoms with Gasteiger partial charge < -0.3 is 15.5 Å². The molecule has 0 unspecified atom stereocenters. The van der Waals surface area contributed by atoms with Crippen LogP contribution in [0.4, 0.5) is 11.5 Å². The Bertz CT molecular complexity index is 1900. The number of amides is 3. The zero-order chi connectivity index (χ0) is 30.1. The number of hydrogen-bond donors (Lipinski definition) is 2. The summed E-state index contributed by atoms with van der Waals surface area (Å²) in [6.07, 6.45) is 5.12. The van der Waals surface area contributed by atoms with E-state index in [4.69, 9.17) is 11.6 Å². The van der Waals surface area contributed by atoms with Crippen LogP contribution in [0.15, 0.2) is 73.1 Å². The fraction of sp³-hybridized carbons (Fsp3) is 0.167. The first-order chi connectivity index (χ1) is 20.8. The first kappa shape index (κ1) is 27.8. The molecule has 0 radical (unpaired) electrons. The number of carbonyl (C=O) groups excluding carboxylic acids is 3. The molecule has 0 saturated carbocycles. The summed E-state index contributed by atoms with van der Waals surface area (Å²) in [6.45, 7) is 1.76. The molecular formula is C30H26ClN9O3. The van der Waals surface area contributed by atoms with Crippen molar-refractivity contribution in [3.8, 4) is 5.69 Å². The third-order valence-electron chi connectivity index (χ3n) is 7.22. The van der Waals surface area contributed by atoms with E-state index in [0.29, 0.717) is 46.1 Å². The van der Waals surface area contributed by atoms with Gasteiger partial charge in [0, 0.05) is 48.3 Å². The molecule has 5 aromatic rings. The van der Waals surface area contributed by atoms with Crippen LogP contribution in [-0.2, 0) is 27.9 Å². The maximum Gasteiger partial charge on any atom is 0.251 e. The Labute approximate surface area is 250 Å². The Balaban J connectivity index is 1.31. The third kappa shape index (κ3) is 5.60. The largest absolute Gasteiger partial charge is 0.324 e. The van der Waals surface area contributed by atoms with Crippen LogP contribution in [0, 0.1) is 0 Å². The standard InChI is InChI=1S/C30H26ClN9O3/c1-18(41)33-29-24-16-22(9-11-26(24)38(2)35-29)34-30(43)28-23-6-4-3-5-19(23)13-14-39(28)27(42)12-7-20-15-21(31)8-10-25(20)40-17-32-36-37-40/h3-12,15-17,28H,13-14H2,1-2H3,(H,34,43)(H,33,35,41)/b12-7+/t28-/m0/s1. The highest BCUT2D eigenvalue weighted by atomic mass is 35.5. The normalized spacial score (nSPS) is 14.6. The molecule has 3 amide bonds. The number of rotatable bonds is 6. The molecule has 3 heterocycles. The highest BCUT2D eigenvalue weighted by Crippen LogP contribution is 2.33.